The molecule has 5 unspecified atom stereocenters. The van der Waals surface area contributed by atoms with Crippen LogP contribution in [0.5, 0.6) is 0 Å². The molecule has 0 bridgehead atoms. The molecule has 3 aromatic carbocycles. The van der Waals surface area contributed by atoms with E-state index in [1.54, 1.807) is 19.9 Å². The van der Waals surface area contributed by atoms with Crippen molar-refractivity contribution >= 4 is 64.8 Å². The molecule has 7 rings (SSSR count). The molecule has 374 valence electrons. The molecule has 2 heterocycles. The number of aromatic amines is 1. The zero-order valence-corrected chi connectivity index (χ0v) is 42.4. The Morgan fingerprint density at radius 1 is 0.789 bits per heavy atom. The topological polar surface area (TPSA) is 206 Å². The van der Waals surface area contributed by atoms with E-state index in [2.05, 4.69) is 63.7 Å². The molecule has 1 aliphatic heterocycles. The summed E-state index contributed by atoms with van der Waals surface area (Å²) in [5, 5.41) is 24.5. The molecule has 14 nitrogen and oxygen atoms in total. The van der Waals surface area contributed by atoms with Crippen molar-refractivity contribution in [3.05, 3.63) is 130 Å². The van der Waals surface area contributed by atoms with Crippen molar-refractivity contribution in [3.63, 3.8) is 0 Å². The number of carboxylic acid groups (broad SMARTS) is 2. The number of aromatic nitrogens is 1. The quantitative estimate of drug-likeness (QED) is 0.0235. The first-order chi connectivity index (χ1) is 33.8. The first-order valence-corrected chi connectivity index (χ1v) is 25.1. The van der Waals surface area contributed by atoms with Gasteiger partial charge in [0.05, 0.1) is 33.9 Å². The largest absolute Gasteiger partial charge is 0.478 e. The molecule has 5 N–H and O–H groups in total. The zero-order chi connectivity index (χ0) is 51.3. The Bertz CT molecular complexity index is 2720. The highest BCUT2D eigenvalue weighted by atomic mass is 32.2. The molecule has 2 saturated carbocycles. The Kier molecular flexibility index (Phi) is 16.7. The molecule has 2 fully saturated rings. The second-order valence-electron chi connectivity index (χ2n) is 19.8. The van der Waals surface area contributed by atoms with Crippen LogP contribution in [0.25, 0.3) is 22.8 Å². The van der Waals surface area contributed by atoms with Gasteiger partial charge in [-0.15, -0.1) is 11.8 Å². The Morgan fingerprint density at radius 3 is 1.86 bits per heavy atom. The van der Waals surface area contributed by atoms with Crippen LogP contribution in [0, 0.1) is 35.5 Å². The predicted molar refractivity (Wildman–Crippen MR) is 275 cm³/mol. The Balaban J connectivity index is 1.37. The van der Waals surface area contributed by atoms with Crippen molar-refractivity contribution in [2.75, 3.05) is 5.32 Å². The molecular formula is C56H64N4O10S. The monoisotopic (exact) mass is 984 g/mol. The van der Waals surface area contributed by atoms with Crippen molar-refractivity contribution < 1.29 is 48.7 Å². The van der Waals surface area contributed by atoms with Gasteiger partial charge < -0.3 is 30.6 Å². The number of allylic oxidation sites excluding steroid dienone is 1. The van der Waals surface area contributed by atoms with Crippen LogP contribution in [0.1, 0.15) is 119 Å². The number of nitrogens with zero attached hydrogens (tertiary/aromatic N) is 1. The number of esters is 1. The minimum absolute atomic E-state index is 0.00444. The SMILES string of the molecule is C=C(C)C(=O)NC1=N/C(=C\c2[nH]c(NC(=O)C(C)Sc3cc(C(=O)O)cc(C(=O)O)c3)c(COOC3C(C)CC(C)CC3C)c2-c2ccccc2)C(c2ccccc2)=C1C(=O)OC1C(C)CC(C)CC1C. The third kappa shape index (κ3) is 12.3. The van der Waals surface area contributed by atoms with Crippen LogP contribution in [0.2, 0.25) is 0 Å². The van der Waals surface area contributed by atoms with Crippen molar-refractivity contribution in [3.8, 4) is 11.1 Å². The van der Waals surface area contributed by atoms with Crippen LogP contribution in [0.15, 0.2) is 112 Å². The third-order valence-corrected chi connectivity index (χ3v) is 14.7. The normalized spacial score (nSPS) is 24.2. The van der Waals surface area contributed by atoms with E-state index >= 15 is 0 Å². The lowest BCUT2D eigenvalue weighted by Crippen LogP contribution is -2.40. The lowest BCUT2D eigenvalue weighted by molar-refractivity contribution is -0.354. The smallest absolute Gasteiger partial charge is 0.342 e. The van der Waals surface area contributed by atoms with Gasteiger partial charge in [0.25, 0.3) is 5.91 Å². The second-order valence-corrected chi connectivity index (χ2v) is 21.2. The van der Waals surface area contributed by atoms with E-state index in [0.29, 0.717) is 45.5 Å². The highest BCUT2D eigenvalue weighted by molar-refractivity contribution is 8.00. The van der Waals surface area contributed by atoms with Crippen LogP contribution in [-0.4, -0.2) is 68.2 Å². The molecule has 3 aliphatic rings. The van der Waals surface area contributed by atoms with Crippen molar-refractivity contribution in [2.24, 2.45) is 40.5 Å². The lowest BCUT2D eigenvalue weighted by atomic mass is 9.75. The number of thioether (sulfide) groups is 1. The molecule has 2 aliphatic carbocycles. The van der Waals surface area contributed by atoms with Gasteiger partial charge in [-0.2, -0.15) is 0 Å². The third-order valence-electron chi connectivity index (χ3n) is 13.6. The maximum absolute atomic E-state index is 14.8. The number of rotatable bonds is 16. The number of ether oxygens (including phenoxy) is 1. The fourth-order valence-corrected chi connectivity index (χ4v) is 11.5. The molecule has 2 amide bonds. The number of carbonyl (C=O) groups excluding carboxylic acids is 3. The molecule has 15 heteroatoms. The molecule has 71 heavy (non-hydrogen) atoms. The summed E-state index contributed by atoms with van der Waals surface area (Å²) in [5.74, 6) is -2.32. The van der Waals surface area contributed by atoms with Crippen LogP contribution in [-0.2, 0) is 35.5 Å². The van der Waals surface area contributed by atoms with Gasteiger partial charge in [0.1, 0.15) is 29.9 Å². The number of benzene rings is 3. The fourth-order valence-electron chi connectivity index (χ4n) is 10.5. The summed E-state index contributed by atoms with van der Waals surface area (Å²) in [4.78, 5) is 87.5. The van der Waals surface area contributed by atoms with Gasteiger partial charge in [-0.25, -0.2) is 29.2 Å². The first-order valence-electron chi connectivity index (χ1n) is 24.3. The number of aromatic carboxylic acids is 2. The van der Waals surface area contributed by atoms with Crippen molar-refractivity contribution in [2.45, 2.75) is 110 Å². The number of hydrogen-bond donors (Lipinski definition) is 5. The standard InChI is InChI=1S/C56H64N4O10S/c1-29(2)52(61)60-51-47(56(67)69-48-32(5)20-30(3)21-33(48)6)46(38-18-14-11-15-19-38)44(58-51)27-43-45(37-16-12-10-13-17-37)42(28-68-70-49-34(7)22-31(4)23-35(49)8)50(57-43)59-53(62)36(9)71-41-25-39(54(63)64)24-40(26-41)55(65)66/h10-19,24-27,30-36,48-49,57H,1,20-23,28H2,2-9H3,(H,59,62)(H,63,64)(H,65,66)(H,58,60,61)/b44-27-. The summed E-state index contributed by atoms with van der Waals surface area (Å²) in [5.41, 5.74) is 3.57. The minimum Gasteiger partial charge on any atom is -0.478 e. The number of nitrogens with one attached hydrogen (secondary N) is 3. The summed E-state index contributed by atoms with van der Waals surface area (Å²) in [6, 6.07) is 22.5. The van der Waals surface area contributed by atoms with Gasteiger partial charge in [0.2, 0.25) is 5.91 Å². The van der Waals surface area contributed by atoms with Gasteiger partial charge in [0, 0.05) is 27.2 Å². The van der Waals surface area contributed by atoms with E-state index in [-0.39, 0.29) is 81.3 Å². The number of anilines is 1. The van der Waals surface area contributed by atoms with Crippen LogP contribution < -0.4 is 10.6 Å². The number of carbonyl (C=O) groups is 5. The molecular weight excluding hydrogens is 921 g/mol. The van der Waals surface area contributed by atoms with Crippen LogP contribution in [0.4, 0.5) is 5.82 Å². The molecule has 4 aromatic rings. The predicted octanol–water partition coefficient (Wildman–Crippen LogP) is 11.2. The number of hydrogen-bond acceptors (Lipinski definition) is 10. The summed E-state index contributed by atoms with van der Waals surface area (Å²) < 4.78 is 6.42. The van der Waals surface area contributed by atoms with Crippen LogP contribution >= 0.6 is 11.8 Å². The summed E-state index contributed by atoms with van der Waals surface area (Å²) in [6.45, 7) is 19.8. The Hall–Kier alpha value is -6.55. The molecule has 0 saturated heterocycles. The minimum atomic E-state index is -1.30. The first kappa shape index (κ1) is 52.3. The summed E-state index contributed by atoms with van der Waals surface area (Å²) in [7, 11) is 0. The Labute approximate surface area is 419 Å². The summed E-state index contributed by atoms with van der Waals surface area (Å²) in [6.07, 6.45) is 4.97. The second kappa shape index (κ2) is 22.7. The molecule has 0 spiro atoms. The van der Waals surface area contributed by atoms with Gasteiger partial charge in [0.15, 0.2) is 0 Å². The number of amidine groups is 1. The van der Waals surface area contributed by atoms with Gasteiger partial charge >= 0.3 is 17.9 Å². The zero-order valence-electron chi connectivity index (χ0n) is 41.5. The van der Waals surface area contributed by atoms with Crippen molar-refractivity contribution in [1.82, 2.24) is 10.3 Å². The number of carboxylic acids is 2. The molecule has 1 aromatic heterocycles. The van der Waals surface area contributed by atoms with Crippen LogP contribution in [0.3, 0.4) is 0 Å². The van der Waals surface area contributed by atoms with E-state index in [1.165, 1.54) is 12.1 Å². The maximum atomic E-state index is 14.8. The van der Waals surface area contributed by atoms with E-state index < -0.39 is 35.0 Å². The van der Waals surface area contributed by atoms with Gasteiger partial charge in [-0.3, -0.25) is 9.59 Å². The van der Waals surface area contributed by atoms with Crippen molar-refractivity contribution in [1.29, 1.82) is 0 Å². The average molecular weight is 985 g/mol. The maximum Gasteiger partial charge on any atom is 0.342 e. The van der Waals surface area contributed by atoms with E-state index in [1.807, 2.05) is 60.7 Å². The molecule has 5 atom stereocenters. The highest BCUT2D eigenvalue weighted by Gasteiger charge is 2.39. The van der Waals surface area contributed by atoms with E-state index in [4.69, 9.17) is 19.5 Å². The number of amides is 2. The number of H-pyrrole nitrogens is 1. The highest BCUT2D eigenvalue weighted by Crippen LogP contribution is 2.43. The molecule has 0 radical (unpaired) electrons. The fraction of sp³-hybridized carbons (Fsp3) is 0.393. The number of aliphatic imine (C=N–C) groups is 1. The average Bonchev–Trinajstić information content (AvgIpc) is 3.84. The van der Waals surface area contributed by atoms with E-state index in [9.17, 15) is 34.2 Å². The van der Waals surface area contributed by atoms with Gasteiger partial charge in [-0.1, -0.05) is 109 Å². The van der Waals surface area contributed by atoms with Gasteiger partial charge in [-0.05, 0) is 110 Å². The van der Waals surface area contributed by atoms with E-state index in [0.717, 1.165) is 49.1 Å². The lowest BCUT2D eigenvalue weighted by Gasteiger charge is -2.37. The Morgan fingerprint density at radius 2 is 1.32 bits per heavy atom. The summed E-state index contributed by atoms with van der Waals surface area (Å²) >= 11 is 1.00.